The van der Waals surface area contributed by atoms with Gasteiger partial charge in [-0.05, 0) is 20.3 Å². The van der Waals surface area contributed by atoms with Crippen molar-refractivity contribution in [2.45, 2.75) is 33.2 Å². The zero-order valence-electron chi connectivity index (χ0n) is 13.0. The highest BCUT2D eigenvalue weighted by molar-refractivity contribution is 5.73. The Labute approximate surface area is 125 Å². The first-order chi connectivity index (χ1) is 10.0. The lowest BCUT2D eigenvalue weighted by Gasteiger charge is -2.23. The molecule has 7 nitrogen and oxygen atoms in total. The fraction of sp³-hybridized carbons (Fsp3) is 0.643. The summed E-state index contributed by atoms with van der Waals surface area (Å²) in [4.78, 5) is 24.3. The van der Waals surface area contributed by atoms with E-state index in [-0.39, 0.29) is 11.9 Å². The zero-order valence-corrected chi connectivity index (χ0v) is 13.0. The van der Waals surface area contributed by atoms with Gasteiger partial charge in [0.25, 0.3) is 0 Å². The lowest BCUT2D eigenvalue weighted by Crippen LogP contribution is -2.35. The number of hydrogen-bond acceptors (Lipinski definition) is 6. The molecule has 21 heavy (non-hydrogen) atoms. The van der Waals surface area contributed by atoms with Crippen LogP contribution >= 0.6 is 0 Å². The van der Waals surface area contributed by atoms with Crippen LogP contribution in [0.1, 0.15) is 27.2 Å². The molecule has 2 heterocycles. The molecule has 1 atom stereocenters. The van der Waals surface area contributed by atoms with Crippen molar-refractivity contribution in [3.05, 3.63) is 6.07 Å². The molecule has 0 unspecified atom stereocenters. The quantitative estimate of drug-likeness (QED) is 0.827. The molecule has 3 N–H and O–H groups in total. The maximum Gasteiger partial charge on any atom is 0.229 e. The minimum atomic E-state index is 0.00730. The fourth-order valence-electron chi connectivity index (χ4n) is 2.62. The molecule has 1 saturated heterocycles. The number of nitrogens with zero attached hydrogens (tertiary/aromatic N) is 4. The molecule has 0 aliphatic carbocycles. The van der Waals surface area contributed by atoms with Gasteiger partial charge < -0.3 is 20.9 Å². The van der Waals surface area contributed by atoms with Gasteiger partial charge in [0.2, 0.25) is 11.9 Å². The number of amides is 1. The second kappa shape index (κ2) is 6.60. The number of anilines is 3. The lowest BCUT2D eigenvalue weighted by atomic mass is 10.3. The van der Waals surface area contributed by atoms with Crippen molar-refractivity contribution in [3.63, 3.8) is 0 Å². The molecule has 1 amide bonds. The number of hydrogen-bond donors (Lipinski definition) is 2. The average Bonchev–Trinajstić information content (AvgIpc) is 2.87. The number of nitrogen functional groups attached to an aromatic ring is 1. The van der Waals surface area contributed by atoms with Crippen LogP contribution in [0.2, 0.25) is 0 Å². The van der Waals surface area contributed by atoms with Gasteiger partial charge in [0, 0.05) is 45.2 Å². The monoisotopic (exact) mass is 292 g/mol. The van der Waals surface area contributed by atoms with E-state index in [2.05, 4.69) is 38.9 Å². The van der Waals surface area contributed by atoms with Gasteiger partial charge in [-0.2, -0.15) is 9.97 Å². The second-order valence-corrected chi connectivity index (χ2v) is 5.26. The van der Waals surface area contributed by atoms with Crippen LogP contribution in [0, 0.1) is 0 Å². The molecule has 1 aliphatic rings. The molecule has 0 saturated carbocycles. The summed E-state index contributed by atoms with van der Waals surface area (Å²) in [6.07, 6.45) is 0.921. The number of nitrogens with two attached hydrogens (primary N) is 1. The van der Waals surface area contributed by atoms with Crippen LogP contribution in [0.5, 0.6) is 0 Å². The summed E-state index contributed by atoms with van der Waals surface area (Å²) >= 11 is 0. The number of nitrogens with one attached hydrogen (secondary N) is 1. The van der Waals surface area contributed by atoms with Crippen LogP contribution in [0.15, 0.2) is 6.07 Å². The van der Waals surface area contributed by atoms with E-state index in [1.807, 2.05) is 0 Å². The van der Waals surface area contributed by atoms with E-state index >= 15 is 0 Å². The van der Waals surface area contributed by atoms with Gasteiger partial charge in [-0.15, -0.1) is 0 Å². The van der Waals surface area contributed by atoms with Crippen LogP contribution in [0.25, 0.3) is 0 Å². The smallest absolute Gasteiger partial charge is 0.229 e. The highest BCUT2D eigenvalue weighted by atomic mass is 16.1. The van der Waals surface area contributed by atoms with Crippen molar-refractivity contribution in [3.8, 4) is 0 Å². The van der Waals surface area contributed by atoms with Gasteiger partial charge in [0.15, 0.2) is 0 Å². The maximum atomic E-state index is 11.1. The first-order valence-corrected chi connectivity index (χ1v) is 7.45. The standard InChI is InChI=1S/C14H24N6O/c1-4-19(5-2)14-17-12(15)8-13(18-14)20-7-6-11(9-20)16-10(3)21/h8,11H,4-7,9H2,1-3H3,(H,16,21)(H2,15,17,18)/t11-/m0/s1. The Kier molecular flexibility index (Phi) is 4.82. The van der Waals surface area contributed by atoms with Crippen molar-refractivity contribution in [1.29, 1.82) is 0 Å². The van der Waals surface area contributed by atoms with Crippen LogP contribution in [-0.4, -0.2) is 48.1 Å². The summed E-state index contributed by atoms with van der Waals surface area (Å²) in [5.74, 6) is 1.98. The van der Waals surface area contributed by atoms with E-state index < -0.39 is 0 Å². The molecule has 1 aromatic heterocycles. The van der Waals surface area contributed by atoms with E-state index in [4.69, 9.17) is 5.73 Å². The molecule has 2 rings (SSSR count). The topological polar surface area (TPSA) is 87.4 Å². The third-order valence-corrected chi connectivity index (χ3v) is 3.69. The number of aromatic nitrogens is 2. The highest BCUT2D eigenvalue weighted by Gasteiger charge is 2.25. The molecular formula is C14H24N6O. The predicted octanol–water partition coefficient (Wildman–Crippen LogP) is 0.620. The summed E-state index contributed by atoms with van der Waals surface area (Å²) in [7, 11) is 0. The molecular weight excluding hydrogens is 268 g/mol. The Morgan fingerprint density at radius 3 is 2.81 bits per heavy atom. The van der Waals surface area contributed by atoms with Crippen LogP contribution < -0.4 is 20.9 Å². The molecule has 1 aromatic rings. The minimum Gasteiger partial charge on any atom is -0.383 e. The molecule has 0 spiro atoms. The SMILES string of the molecule is CCN(CC)c1nc(N)cc(N2CC[C@H](NC(C)=O)C2)n1. The van der Waals surface area contributed by atoms with E-state index in [1.165, 1.54) is 0 Å². The van der Waals surface area contributed by atoms with Crippen LogP contribution in [0.3, 0.4) is 0 Å². The average molecular weight is 292 g/mol. The molecule has 0 radical (unpaired) electrons. The Bertz CT molecular complexity index is 502. The predicted molar refractivity (Wildman–Crippen MR) is 84.4 cm³/mol. The summed E-state index contributed by atoms with van der Waals surface area (Å²) in [6, 6.07) is 1.97. The third-order valence-electron chi connectivity index (χ3n) is 3.69. The largest absolute Gasteiger partial charge is 0.383 e. The van der Waals surface area contributed by atoms with E-state index in [0.717, 1.165) is 38.4 Å². The molecule has 0 bridgehead atoms. The second-order valence-electron chi connectivity index (χ2n) is 5.26. The number of carbonyl (C=O) groups is 1. The van der Waals surface area contributed by atoms with Gasteiger partial charge in [0.1, 0.15) is 11.6 Å². The molecule has 116 valence electrons. The van der Waals surface area contributed by atoms with Crippen LogP contribution in [-0.2, 0) is 4.79 Å². The van der Waals surface area contributed by atoms with Gasteiger partial charge >= 0.3 is 0 Å². The Morgan fingerprint density at radius 2 is 2.19 bits per heavy atom. The Morgan fingerprint density at radius 1 is 1.48 bits per heavy atom. The van der Waals surface area contributed by atoms with Crippen molar-refractivity contribution >= 4 is 23.5 Å². The van der Waals surface area contributed by atoms with Gasteiger partial charge in [-0.3, -0.25) is 4.79 Å². The minimum absolute atomic E-state index is 0.00730. The fourth-order valence-corrected chi connectivity index (χ4v) is 2.62. The van der Waals surface area contributed by atoms with Crippen molar-refractivity contribution < 1.29 is 4.79 Å². The zero-order chi connectivity index (χ0) is 15.4. The first kappa shape index (κ1) is 15.3. The number of carbonyl (C=O) groups excluding carboxylic acids is 1. The summed E-state index contributed by atoms with van der Waals surface area (Å²) in [6.45, 7) is 8.98. The van der Waals surface area contributed by atoms with Gasteiger partial charge in [-0.1, -0.05) is 0 Å². The van der Waals surface area contributed by atoms with Crippen molar-refractivity contribution in [1.82, 2.24) is 15.3 Å². The maximum absolute atomic E-state index is 11.1. The Hall–Kier alpha value is -2.05. The highest BCUT2D eigenvalue weighted by Crippen LogP contribution is 2.22. The molecule has 7 heteroatoms. The van der Waals surface area contributed by atoms with Crippen LogP contribution in [0.4, 0.5) is 17.6 Å². The normalized spacial score (nSPS) is 17.9. The molecule has 0 aromatic carbocycles. The molecule has 1 aliphatic heterocycles. The first-order valence-electron chi connectivity index (χ1n) is 7.45. The van der Waals surface area contributed by atoms with Gasteiger partial charge in [0.05, 0.1) is 0 Å². The summed E-state index contributed by atoms with van der Waals surface area (Å²) in [5.41, 5.74) is 5.92. The lowest BCUT2D eigenvalue weighted by molar-refractivity contribution is -0.119. The van der Waals surface area contributed by atoms with Crippen molar-refractivity contribution in [2.24, 2.45) is 0 Å². The number of rotatable bonds is 5. The Balaban J connectivity index is 2.15. The van der Waals surface area contributed by atoms with E-state index in [0.29, 0.717) is 11.8 Å². The third kappa shape index (κ3) is 3.74. The van der Waals surface area contributed by atoms with Gasteiger partial charge in [-0.25, -0.2) is 0 Å². The van der Waals surface area contributed by atoms with E-state index in [1.54, 1.807) is 13.0 Å². The van der Waals surface area contributed by atoms with Crippen molar-refractivity contribution in [2.75, 3.05) is 41.7 Å². The molecule has 1 fully saturated rings. The summed E-state index contributed by atoms with van der Waals surface area (Å²) < 4.78 is 0. The van der Waals surface area contributed by atoms with E-state index in [9.17, 15) is 4.79 Å². The summed E-state index contributed by atoms with van der Waals surface area (Å²) in [5, 5.41) is 2.95.